The van der Waals surface area contributed by atoms with Gasteiger partial charge in [-0.25, -0.2) is 0 Å². The van der Waals surface area contributed by atoms with Crippen molar-refractivity contribution < 1.29 is 24.7 Å². The van der Waals surface area contributed by atoms with Crippen LogP contribution in [-0.4, -0.2) is 0 Å². The zero-order chi connectivity index (χ0) is 17.7. The molecule has 2 aromatic carbocycles. The average molecular weight is 395 g/mol. The Morgan fingerprint density at radius 2 is 1.42 bits per heavy atom. The van der Waals surface area contributed by atoms with E-state index in [1.165, 1.54) is 33.4 Å². The molecule has 3 rings (SSSR count). The first kappa shape index (κ1) is 17.9. The molecule has 2 aromatic rings. The van der Waals surface area contributed by atoms with Crippen LogP contribution in [0.2, 0.25) is 0 Å². The van der Waals surface area contributed by atoms with Gasteiger partial charge >= 0.3 is 163 Å². The molecule has 24 heavy (non-hydrogen) atoms. The van der Waals surface area contributed by atoms with Gasteiger partial charge in [-0.3, -0.25) is 0 Å². The van der Waals surface area contributed by atoms with Crippen LogP contribution in [0.3, 0.4) is 0 Å². The second-order valence-corrected chi connectivity index (χ2v) is 10.5. The van der Waals surface area contributed by atoms with Crippen molar-refractivity contribution in [2.24, 2.45) is 0 Å². The van der Waals surface area contributed by atoms with Crippen molar-refractivity contribution in [1.29, 1.82) is 0 Å². The molecule has 1 atom stereocenters. The van der Waals surface area contributed by atoms with Crippen molar-refractivity contribution in [2.75, 3.05) is 0 Å². The maximum atomic E-state index is 2.40. The Morgan fingerprint density at radius 1 is 0.833 bits per heavy atom. The predicted molar refractivity (Wildman–Crippen MR) is 101 cm³/mol. The van der Waals surface area contributed by atoms with Gasteiger partial charge in [0.2, 0.25) is 0 Å². The quantitative estimate of drug-likeness (QED) is 0.513. The molecule has 1 heteroatoms. The molecule has 0 heterocycles. The normalized spacial score (nSPS) is 17.1. The van der Waals surface area contributed by atoms with E-state index >= 15 is 0 Å². The summed E-state index contributed by atoms with van der Waals surface area (Å²) in [5, 5.41) is 0. The molecular weight excluding hydrogens is 367 g/mol. The fourth-order valence-electron chi connectivity index (χ4n) is 3.24. The van der Waals surface area contributed by atoms with Crippen molar-refractivity contribution in [3.8, 4) is 11.1 Å². The van der Waals surface area contributed by atoms with Crippen molar-refractivity contribution in [1.82, 2.24) is 0 Å². The summed E-state index contributed by atoms with van der Waals surface area (Å²) in [4.78, 5) is 0. The molecule has 0 N–H and O–H groups in total. The van der Waals surface area contributed by atoms with E-state index < -0.39 is 0 Å². The molecule has 123 valence electrons. The molecule has 0 saturated carbocycles. The molecule has 0 saturated heterocycles. The van der Waals surface area contributed by atoms with Crippen molar-refractivity contribution in [3.63, 3.8) is 0 Å². The monoisotopic (exact) mass is 393 g/mol. The molecule has 1 unspecified atom stereocenters. The number of benzene rings is 2. The molecule has 0 nitrogen and oxygen atoms in total. The van der Waals surface area contributed by atoms with Gasteiger partial charge in [-0.1, -0.05) is 0 Å². The Labute approximate surface area is 162 Å². The average Bonchev–Trinajstić information content (AvgIpc) is 2.87. The Bertz CT molecular complexity index is 766. The van der Waals surface area contributed by atoms with E-state index in [9.17, 15) is 0 Å². The van der Waals surface area contributed by atoms with Crippen LogP contribution >= 0.6 is 0 Å². The number of allylic oxidation sites excluding steroid dienone is 1. The number of hydrogen-bond acceptors (Lipinski definition) is 0. The third-order valence-electron chi connectivity index (χ3n) is 4.91. The van der Waals surface area contributed by atoms with Crippen LogP contribution in [0, 0.1) is 0 Å². The number of hydrogen-bond donors (Lipinski definition) is 0. The molecule has 0 aromatic heterocycles. The first-order valence-electron chi connectivity index (χ1n) is 8.76. The second kappa shape index (κ2) is 6.10. The molecular formula is C23H27Zr. The molecule has 0 radical (unpaired) electrons. The van der Waals surface area contributed by atoms with Gasteiger partial charge in [0, 0.05) is 0 Å². The Morgan fingerprint density at radius 3 is 1.96 bits per heavy atom. The minimum atomic E-state index is 0.154. The van der Waals surface area contributed by atoms with Gasteiger partial charge < -0.3 is 0 Å². The van der Waals surface area contributed by atoms with Crippen molar-refractivity contribution in [2.45, 2.75) is 56.0 Å². The van der Waals surface area contributed by atoms with E-state index in [0.717, 1.165) is 0 Å². The summed E-state index contributed by atoms with van der Waals surface area (Å²) in [6.07, 6.45) is 4.68. The van der Waals surface area contributed by atoms with E-state index in [0.29, 0.717) is 3.63 Å². The van der Waals surface area contributed by atoms with Gasteiger partial charge in [0.15, 0.2) is 0 Å². The summed E-state index contributed by atoms with van der Waals surface area (Å²) in [7, 11) is 0. The van der Waals surface area contributed by atoms with Gasteiger partial charge in [-0.15, -0.1) is 0 Å². The Balaban J connectivity index is 2.24. The molecule has 0 aliphatic heterocycles. The fourth-order valence-corrected chi connectivity index (χ4v) is 4.09. The number of fused-ring (bicyclic) bond motifs is 1. The van der Waals surface area contributed by atoms with Gasteiger partial charge in [-0.2, -0.15) is 0 Å². The summed E-state index contributed by atoms with van der Waals surface area (Å²) < 4.78 is 0.611. The van der Waals surface area contributed by atoms with Crippen LogP contribution in [0.4, 0.5) is 0 Å². The van der Waals surface area contributed by atoms with E-state index in [1.54, 1.807) is 24.7 Å². The Hall–Kier alpha value is -0.937. The van der Waals surface area contributed by atoms with Crippen LogP contribution in [-0.2, 0) is 35.5 Å². The summed E-state index contributed by atoms with van der Waals surface area (Å²) in [5.74, 6) is 0. The van der Waals surface area contributed by atoms with Crippen LogP contribution in [0.15, 0.2) is 42.5 Å². The summed E-state index contributed by atoms with van der Waals surface area (Å²) >= 11 is 1.57. The Kier molecular flexibility index (Phi) is 4.54. The summed E-state index contributed by atoms with van der Waals surface area (Å²) in [5.41, 5.74) is 8.80. The minimum absolute atomic E-state index is 0.154. The predicted octanol–water partition coefficient (Wildman–Crippen LogP) is 6.56. The molecule has 1 aliphatic carbocycles. The van der Waals surface area contributed by atoms with Crippen LogP contribution < -0.4 is 0 Å². The van der Waals surface area contributed by atoms with Crippen LogP contribution in [0.1, 0.15) is 67.4 Å². The van der Waals surface area contributed by atoms with E-state index in [-0.39, 0.29) is 10.8 Å². The third kappa shape index (κ3) is 3.38. The SMILES string of the molecule is CC(C)(C)c1cc(-c2cccc3c2C=C[CH]3[Zr])cc(C(C)(C)C)c1. The molecule has 0 fully saturated rings. The first-order valence-corrected chi connectivity index (χ1v) is 10.2. The second-order valence-electron chi connectivity index (χ2n) is 8.94. The third-order valence-corrected chi connectivity index (χ3v) is 6.14. The molecule has 0 spiro atoms. The van der Waals surface area contributed by atoms with E-state index in [2.05, 4.69) is 90.1 Å². The van der Waals surface area contributed by atoms with E-state index in [4.69, 9.17) is 0 Å². The standard InChI is InChI=1S/C23H27.Zr/c1-22(2,3)18-13-17(14-19(15-18)23(4,5)6)21-12-8-10-16-9-7-11-20(16)21;/h7-15H,1-6H3;. The molecule has 1 aliphatic rings. The van der Waals surface area contributed by atoms with Gasteiger partial charge in [0.1, 0.15) is 0 Å². The zero-order valence-corrected chi connectivity index (χ0v) is 18.2. The van der Waals surface area contributed by atoms with Crippen molar-refractivity contribution in [3.05, 3.63) is 64.7 Å². The topological polar surface area (TPSA) is 0 Å². The van der Waals surface area contributed by atoms with Crippen LogP contribution in [0.5, 0.6) is 0 Å². The summed E-state index contributed by atoms with van der Waals surface area (Å²) in [6, 6.07) is 14.0. The maximum absolute atomic E-state index is 2.40. The zero-order valence-electron chi connectivity index (χ0n) is 15.7. The van der Waals surface area contributed by atoms with Gasteiger partial charge in [-0.05, 0) is 0 Å². The van der Waals surface area contributed by atoms with E-state index in [1.807, 2.05) is 0 Å². The van der Waals surface area contributed by atoms with Gasteiger partial charge in [0.25, 0.3) is 0 Å². The summed E-state index contributed by atoms with van der Waals surface area (Å²) in [6.45, 7) is 13.8. The van der Waals surface area contributed by atoms with Crippen LogP contribution in [0.25, 0.3) is 17.2 Å². The van der Waals surface area contributed by atoms with Crippen molar-refractivity contribution >= 4 is 6.08 Å². The van der Waals surface area contributed by atoms with Gasteiger partial charge in [0.05, 0.1) is 0 Å². The molecule has 0 amide bonds. The molecule has 0 bridgehead atoms. The number of rotatable bonds is 1. The first-order chi connectivity index (χ1) is 11.1. The fraction of sp³-hybridized carbons (Fsp3) is 0.391.